The van der Waals surface area contributed by atoms with E-state index in [-0.39, 0.29) is 23.2 Å². The number of aryl methyl sites for hydroxylation is 1. The zero-order valence-electron chi connectivity index (χ0n) is 21.7. The van der Waals surface area contributed by atoms with Crippen molar-refractivity contribution in [2.24, 2.45) is 5.73 Å². The summed E-state index contributed by atoms with van der Waals surface area (Å²) in [6.07, 6.45) is 1.74. The topological polar surface area (TPSA) is 134 Å². The molecule has 1 aliphatic rings. The highest BCUT2D eigenvalue weighted by Crippen LogP contribution is 2.38. The molecule has 3 aromatic heterocycles. The number of nitrogens with zero attached hydrogens (tertiary/aromatic N) is 5. The number of nitrogens with two attached hydrogens (primary N) is 1. The third kappa shape index (κ3) is 5.64. The molecule has 212 valence electrons. The van der Waals surface area contributed by atoms with Crippen molar-refractivity contribution in [3.8, 4) is 11.3 Å². The SMILES string of the molecule is CCc1cc(Nc2nccn3c(-c4cn(C5COC5)nc4C(F)(F)F)cnc23)ccc1C(=O)NCCOCCN. The van der Waals surface area contributed by atoms with Gasteiger partial charge in [-0.25, -0.2) is 9.97 Å². The van der Waals surface area contributed by atoms with Crippen molar-refractivity contribution >= 4 is 23.1 Å². The molecule has 0 bridgehead atoms. The second kappa shape index (κ2) is 11.6. The van der Waals surface area contributed by atoms with Gasteiger partial charge in [0.2, 0.25) is 0 Å². The lowest BCUT2D eigenvalue weighted by Gasteiger charge is -2.26. The number of halogens is 3. The molecular formula is C26H29F3N8O3. The molecule has 0 atom stereocenters. The van der Waals surface area contributed by atoms with Crippen LogP contribution in [0.4, 0.5) is 24.7 Å². The first-order valence-electron chi connectivity index (χ1n) is 12.8. The molecule has 1 aromatic carbocycles. The first-order chi connectivity index (χ1) is 19.3. The van der Waals surface area contributed by atoms with Gasteiger partial charge in [0.25, 0.3) is 5.91 Å². The number of nitrogens with one attached hydrogen (secondary N) is 2. The molecule has 4 N–H and O–H groups in total. The molecule has 4 heterocycles. The highest BCUT2D eigenvalue weighted by Gasteiger charge is 2.39. The van der Waals surface area contributed by atoms with Gasteiger partial charge in [0.1, 0.15) is 0 Å². The highest BCUT2D eigenvalue weighted by molar-refractivity contribution is 5.96. The van der Waals surface area contributed by atoms with E-state index in [1.165, 1.54) is 23.3 Å². The fraction of sp³-hybridized carbons (Fsp3) is 0.385. The number of rotatable bonds is 11. The van der Waals surface area contributed by atoms with Crippen molar-refractivity contribution in [3.63, 3.8) is 0 Å². The average Bonchev–Trinajstić information content (AvgIpc) is 3.52. The van der Waals surface area contributed by atoms with Gasteiger partial charge < -0.3 is 25.8 Å². The zero-order chi connectivity index (χ0) is 28.3. The lowest BCUT2D eigenvalue weighted by molar-refractivity contribution is -0.141. The van der Waals surface area contributed by atoms with Gasteiger partial charge in [-0.1, -0.05) is 6.92 Å². The summed E-state index contributed by atoms with van der Waals surface area (Å²) >= 11 is 0. The van der Waals surface area contributed by atoms with Gasteiger partial charge in [-0.05, 0) is 30.2 Å². The van der Waals surface area contributed by atoms with Crippen LogP contribution in [0.3, 0.4) is 0 Å². The van der Waals surface area contributed by atoms with Gasteiger partial charge in [0, 0.05) is 42.9 Å². The minimum Gasteiger partial charge on any atom is -0.378 e. The molecule has 1 amide bonds. The Bertz CT molecular complexity index is 1500. The number of amides is 1. The van der Waals surface area contributed by atoms with Crippen molar-refractivity contribution in [3.05, 3.63) is 59.8 Å². The predicted octanol–water partition coefficient (Wildman–Crippen LogP) is 3.19. The molecule has 0 saturated carbocycles. The lowest BCUT2D eigenvalue weighted by Crippen LogP contribution is -2.31. The van der Waals surface area contributed by atoms with Crippen LogP contribution in [0.15, 0.2) is 43.0 Å². The van der Waals surface area contributed by atoms with E-state index in [9.17, 15) is 18.0 Å². The first kappa shape index (κ1) is 27.6. The van der Waals surface area contributed by atoms with Crippen LogP contribution in [0.1, 0.15) is 34.6 Å². The number of hydrogen-bond acceptors (Lipinski definition) is 8. The van der Waals surface area contributed by atoms with E-state index < -0.39 is 11.9 Å². The fourth-order valence-electron chi connectivity index (χ4n) is 4.40. The number of imidazole rings is 1. The molecule has 4 aromatic rings. The number of aromatic nitrogens is 5. The zero-order valence-corrected chi connectivity index (χ0v) is 21.7. The highest BCUT2D eigenvalue weighted by atomic mass is 19.4. The Morgan fingerprint density at radius 2 is 2.08 bits per heavy atom. The minimum absolute atomic E-state index is 0.0823. The fourth-order valence-corrected chi connectivity index (χ4v) is 4.40. The van der Waals surface area contributed by atoms with Crippen molar-refractivity contribution < 1.29 is 27.4 Å². The normalized spacial score (nSPS) is 13.9. The number of carbonyl (C=O) groups excluding carboxylic acids is 1. The number of hydrogen-bond donors (Lipinski definition) is 3. The Labute approximate surface area is 227 Å². The third-order valence-electron chi connectivity index (χ3n) is 6.49. The Morgan fingerprint density at radius 1 is 1.25 bits per heavy atom. The summed E-state index contributed by atoms with van der Waals surface area (Å²) in [5.74, 6) is 0.130. The predicted molar refractivity (Wildman–Crippen MR) is 140 cm³/mol. The number of fused-ring (bicyclic) bond motifs is 1. The summed E-state index contributed by atoms with van der Waals surface area (Å²) in [6, 6.07) is 5.04. The van der Waals surface area contributed by atoms with E-state index >= 15 is 0 Å². The molecule has 5 rings (SSSR count). The summed E-state index contributed by atoms with van der Waals surface area (Å²) in [7, 11) is 0. The maximum absolute atomic E-state index is 13.9. The molecule has 0 unspecified atom stereocenters. The summed E-state index contributed by atoms with van der Waals surface area (Å²) in [5, 5.41) is 9.84. The van der Waals surface area contributed by atoms with Crippen LogP contribution >= 0.6 is 0 Å². The number of alkyl halides is 3. The van der Waals surface area contributed by atoms with E-state index in [0.717, 1.165) is 5.56 Å². The number of benzene rings is 1. The quantitative estimate of drug-likeness (QED) is 0.239. The second-order valence-electron chi connectivity index (χ2n) is 9.18. The number of ether oxygens (including phenoxy) is 2. The van der Waals surface area contributed by atoms with Crippen LogP contribution < -0.4 is 16.4 Å². The monoisotopic (exact) mass is 558 g/mol. The van der Waals surface area contributed by atoms with Crippen LogP contribution in [-0.4, -0.2) is 69.6 Å². The van der Waals surface area contributed by atoms with Gasteiger partial charge in [-0.3, -0.25) is 13.9 Å². The molecule has 40 heavy (non-hydrogen) atoms. The smallest absolute Gasteiger partial charge is 0.378 e. The molecule has 0 spiro atoms. The average molecular weight is 559 g/mol. The van der Waals surface area contributed by atoms with Gasteiger partial charge >= 0.3 is 6.18 Å². The molecule has 14 heteroatoms. The Kier molecular flexibility index (Phi) is 8.00. The lowest BCUT2D eigenvalue weighted by atomic mass is 10.0. The Hall–Kier alpha value is -4.01. The summed E-state index contributed by atoms with van der Waals surface area (Å²) < 4.78 is 54.9. The summed E-state index contributed by atoms with van der Waals surface area (Å²) in [5.41, 5.74) is 6.89. The van der Waals surface area contributed by atoms with E-state index in [4.69, 9.17) is 15.2 Å². The Balaban J connectivity index is 1.40. The third-order valence-corrected chi connectivity index (χ3v) is 6.49. The van der Waals surface area contributed by atoms with Gasteiger partial charge in [-0.15, -0.1) is 0 Å². The van der Waals surface area contributed by atoms with Gasteiger partial charge in [-0.2, -0.15) is 18.3 Å². The maximum Gasteiger partial charge on any atom is 0.435 e. The maximum atomic E-state index is 13.9. The van der Waals surface area contributed by atoms with Crippen molar-refractivity contribution in [1.29, 1.82) is 0 Å². The van der Waals surface area contributed by atoms with E-state index in [2.05, 4.69) is 25.7 Å². The van der Waals surface area contributed by atoms with Crippen LogP contribution in [-0.2, 0) is 22.1 Å². The van der Waals surface area contributed by atoms with E-state index in [0.29, 0.717) is 68.7 Å². The van der Waals surface area contributed by atoms with Crippen molar-refractivity contribution in [2.75, 3.05) is 44.8 Å². The van der Waals surface area contributed by atoms with Crippen molar-refractivity contribution in [1.82, 2.24) is 29.5 Å². The van der Waals surface area contributed by atoms with Gasteiger partial charge in [0.05, 0.1) is 49.9 Å². The minimum atomic E-state index is -4.65. The van der Waals surface area contributed by atoms with Crippen LogP contribution in [0.2, 0.25) is 0 Å². The summed E-state index contributed by atoms with van der Waals surface area (Å²) in [6.45, 7) is 4.14. The number of anilines is 2. The largest absolute Gasteiger partial charge is 0.435 e. The molecule has 1 aliphatic heterocycles. The Morgan fingerprint density at radius 3 is 2.77 bits per heavy atom. The molecule has 0 aliphatic carbocycles. The second-order valence-corrected chi connectivity index (χ2v) is 9.18. The van der Waals surface area contributed by atoms with Crippen LogP contribution in [0, 0.1) is 0 Å². The van der Waals surface area contributed by atoms with E-state index in [1.807, 2.05) is 13.0 Å². The molecule has 1 fully saturated rings. The molecule has 11 nitrogen and oxygen atoms in total. The standard InChI is InChI=1S/C26H29F3N8O3/c1-2-16-11-17(3-4-19(16)25(38)32-7-10-39-9-5-30)34-23-24-33-12-21(36(24)8-6-31-23)20-13-37(18-14-40-15-18)35-22(20)26(27,28)29/h3-4,6,8,11-13,18H,2,5,7,9-10,14-15,30H2,1H3,(H,31,34)(H,32,38). The van der Waals surface area contributed by atoms with Gasteiger partial charge in [0.15, 0.2) is 17.2 Å². The number of carbonyl (C=O) groups is 1. The van der Waals surface area contributed by atoms with E-state index in [1.54, 1.807) is 22.7 Å². The van der Waals surface area contributed by atoms with Crippen molar-refractivity contribution in [2.45, 2.75) is 25.6 Å². The molecular weight excluding hydrogens is 529 g/mol. The van der Waals surface area contributed by atoms with Crippen LogP contribution in [0.5, 0.6) is 0 Å². The molecule has 0 radical (unpaired) electrons. The van der Waals surface area contributed by atoms with Crippen LogP contribution in [0.25, 0.3) is 16.9 Å². The molecule has 1 saturated heterocycles. The summed E-state index contributed by atoms with van der Waals surface area (Å²) in [4.78, 5) is 21.4. The first-order valence-corrected chi connectivity index (χ1v) is 12.8.